The highest BCUT2D eigenvalue weighted by Gasteiger charge is 2.44. The number of hydrogen-bond acceptors (Lipinski definition) is 2. The number of carboxylic acids is 1. The van der Waals surface area contributed by atoms with E-state index in [0.717, 1.165) is 12.8 Å². The summed E-state index contributed by atoms with van der Waals surface area (Å²) in [6.45, 7) is 12.6. The number of aliphatic carboxylic acids is 1. The van der Waals surface area contributed by atoms with E-state index in [1.807, 2.05) is 13.8 Å². The largest absolute Gasteiger partial charge is 0.481 e. The van der Waals surface area contributed by atoms with Crippen molar-refractivity contribution in [2.75, 3.05) is 0 Å². The third-order valence-corrected chi connectivity index (χ3v) is 3.85. The van der Waals surface area contributed by atoms with Gasteiger partial charge in [0.25, 0.3) is 0 Å². The number of carbonyl (C=O) groups is 2. The van der Waals surface area contributed by atoms with Crippen LogP contribution in [0.3, 0.4) is 0 Å². The lowest BCUT2D eigenvalue weighted by Crippen LogP contribution is -2.61. The average Bonchev–Trinajstić information content (AvgIpc) is 2.13. The summed E-state index contributed by atoms with van der Waals surface area (Å²) in [6, 6.07) is -0.335. The van der Waals surface area contributed by atoms with Gasteiger partial charge in [0.05, 0.1) is 11.0 Å². The van der Waals surface area contributed by atoms with E-state index >= 15 is 0 Å². The van der Waals surface area contributed by atoms with E-state index in [4.69, 9.17) is 0 Å². The third kappa shape index (κ3) is 4.73. The van der Waals surface area contributed by atoms with Crippen molar-refractivity contribution in [3.63, 3.8) is 0 Å². The minimum atomic E-state index is -1.06. The first-order chi connectivity index (χ1) is 8.35. The predicted molar refractivity (Wildman–Crippen MR) is 76.2 cm³/mol. The van der Waals surface area contributed by atoms with Crippen LogP contribution in [0.5, 0.6) is 0 Å². The van der Waals surface area contributed by atoms with Crippen LogP contribution in [0.25, 0.3) is 0 Å². The van der Waals surface area contributed by atoms with Crippen LogP contribution >= 0.6 is 0 Å². The number of amides is 2. The summed E-state index contributed by atoms with van der Waals surface area (Å²) in [7, 11) is 0. The Balaban J connectivity index is 4.77. The molecule has 3 N–H and O–H groups in total. The van der Waals surface area contributed by atoms with Gasteiger partial charge in [0.2, 0.25) is 0 Å². The summed E-state index contributed by atoms with van der Waals surface area (Å²) in [5.74, 6) is -0.939. The molecule has 19 heavy (non-hydrogen) atoms. The highest BCUT2D eigenvalue weighted by atomic mass is 16.4. The lowest BCUT2D eigenvalue weighted by molar-refractivity contribution is -0.150. The Morgan fingerprint density at radius 1 is 1.00 bits per heavy atom. The molecular weight excluding hydrogens is 244 g/mol. The van der Waals surface area contributed by atoms with Crippen LogP contribution in [0.2, 0.25) is 0 Å². The van der Waals surface area contributed by atoms with E-state index in [2.05, 4.69) is 17.6 Å². The monoisotopic (exact) mass is 272 g/mol. The van der Waals surface area contributed by atoms with Gasteiger partial charge in [0.1, 0.15) is 0 Å². The molecule has 0 fully saturated rings. The molecular formula is C14H28N2O3. The minimum absolute atomic E-state index is 0.303. The highest BCUT2D eigenvalue weighted by molar-refractivity contribution is 5.80. The SMILES string of the molecule is CCCC(C)(C)NC(=O)NC(C)(C)C(C)(C)C(=O)O. The van der Waals surface area contributed by atoms with E-state index < -0.39 is 16.9 Å². The molecule has 0 aliphatic carbocycles. The summed E-state index contributed by atoms with van der Waals surface area (Å²) in [5.41, 5.74) is -2.22. The number of nitrogens with one attached hydrogen (secondary N) is 2. The second-order valence-corrected chi connectivity index (χ2v) is 6.77. The fourth-order valence-electron chi connectivity index (χ4n) is 1.73. The number of carboxylic acid groups (broad SMARTS) is 1. The molecule has 0 aliphatic heterocycles. The fraction of sp³-hybridized carbons (Fsp3) is 0.857. The van der Waals surface area contributed by atoms with Crippen LogP contribution in [0, 0.1) is 5.41 Å². The number of hydrogen-bond donors (Lipinski definition) is 3. The van der Waals surface area contributed by atoms with Crippen molar-refractivity contribution in [3.05, 3.63) is 0 Å². The summed E-state index contributed by atoms with van der Waals surface area (Å²) in [5, 5.41) is 14.9. The maximum absolute atomic E-state index is 12.0. The molecule has 0 bridgehead atoms. The molecule has 0 aromatic heterocycles. The molecule has 0 saturated heterocycles. The van der Waals surface area contributed by atoms with E-state index in [-0.39, 0.29) is 11.6 Å². The Morgan fingerprint density at radius 2 is 1.47 bits per heavy atom. The van der Waals surface area contributed by atoms with Crippen molar-refractivity contribution in [1.82, 2.24) is 10.6 Å². The zero-order valence-corrected chi connectivity index (χ0v) is 13.2. The molecule has 0 radical (unpaired) electrons. The van der Waals surface area contributed by atoms with Crippen molar-refractivity contribution in [3.8, 4) is 0 Å². The fourth-order valence-corrected chi connectivity index (χ4v) is 1.73. The molecule has 0 aromatic carbocycles. The van der Waals surface area contributed by atoms with Crippen molar-refractivity contribution in [2.45, 2.75) is 72.4 Å². The Bertz CT molecular complexity index is 347. The van der Waals surface area contributed by atoms with Crippen LogP contribution < -0.4 is 10.6 Å². The number of urea groups is 1. The molecule has 5 heteroatoms. The smallest absolute Gasteiger partial charge is 0.315 e. The van der Waals surface area contributed by atoms with Gasteiger partial charge in [-0.3, -0.25) is 4.79 Å². The molecule has 0 aliphatic rings. The molecule has 0 aromatic rings. The Morgan fingerprint density at radius 3 is 1.84 bits per heavy atom. The van der Waals surface area contributed by atoms with Crippen LogP contribution in [0.15, 0.2) is 0 Å². The molecule has 0 saturated carbocycles. The van der Waals surface area contributed by atoms with Gasteiger partial charge in [-0.25, -0.2) is 4.79 Å². The lowest BCUT2D eigenvalue weighted by Gasteiger charge is -2.39. The van der Waals surface area contributed by atoms with Gasteiger partial charge in [-0.05, 0) is 48.0 Å². The summed E-state index contributed by atoms with van der Waals surface area (Å²) in [6.07, 6.45) is 1.83. The number of carbonyl (C=O) groups excluding carboxylic acids is 1. The second kappa shape index (κ2) is 5.80. The molecule has 0 spiro atoms. The molecule has 0 unspecified atom stereocenters. The Hall–Kier alpha value is -1.26. The average molecular weight is 272 g/mol. The molecule has 112 valence electrons. The van der Waals surface area contributed by atoms with Gasteiger partial charge < -0.3 is 15.7 Å². The van der Waals surface area contributed by atoms with Crippen molar-refractivity contribution in [2.24, 2.45) is 5.41 Å². The third-order valence-electron chi connectivity index (χ3n) is 3.85. The summed E-state index contributed by atoms with van der Waals surface area (Å²) >= 11 is 0. The first-order valence-corrected chi connectivity index (χ1v) is 6.69. The van der Waals surface area contributed by atoms with Gasteiger partial charge in [-0.15, -0.1) is 0 Å². The summed E-state index contributed by atoms with van der Waals surface area (Å²) < 4.78 is 0. The van der Waals surface area contributed by atoms with Gasteiger partial charge in [-0.1, -0.05) is 13.3 Å². The van der Waals surface area contributed by atoms with Crippen molar-refractivity contribution >= 4 is 12.0 Å². The van der Waals surface area contributed by atoms with Gasteiger partial charge in [0, 0.05) is 5.54 Å². The zero-order chi connectivity index (χ0) is 15.5. The van der Waals surface area contributed by atoms with Gasteiger partial charge in [0.15, 0.2) is 0 Å². The molecule has 2 amide bonds. The van der Waals surface area contributed by atoms with Crippen molar-refractivity contribution < 1.29 is 14.7 Å². The van der Waals surface area contributed by atoms with Crippen LogP contribution in [0.4, 0.5) is 4.79 Å². The maximum atomic E-state index is 12.0. The highest BCUT2D eigenvalue weighted by Crippen LogP contribution is 2.30. The van der Waals surface area contributed by atoms with E-state index in [1.54, 1.807) is 27.7 Å². The normalized spacial score (nSPS) is 13.0. The second-order valence-electron chi connectivity index (χ2n) is 6.77. The van der Waals surface area contributed by atoms with Crippen molar-refractivity contribution in [1.29, 1.82) is 0 Å². The van der Waals surface area contributed by atoms with Crippen LogP contribution in [0.1, 0.15) is 61.3 Å². The van der Waals surface area contributed by atoms with Gasteiger partial charge >= 0.3 is 12.0 Å². The first-order valence-electron chi connectivity index (χ1n) is 6.69. The van der Waals surface area contributed by atoms with E-state index in [1.165, 1.54) is 0 Å². The molecule has 0 heterocycles. The minimum Gasteiger partial charge on any atom is -0.481 e. The quantitative estimate of drug-likeness (QED) is 0.695. The summed E-state index contributed by atoms with van der Waals surface area (Å²) in [4.78, 5) is 23.3. The zero-order valence-electron chi connectivity index (χ0n) is 13.2. The standard InChI is InChI=1S/C14H28N2O3/c1-8-9-12(2,3)15-11(19)16-14(6,7)13(4,5)10(17)18/h8-9H2,1-7H3,(H,17,18)(H2,15,16,19). The molecule has 0 atom stereocenters. The maximum Gasteiger partial charge on any atom is 0.315 e. The number of rotatable bonds is 6. The van der Waals surface area contributed by atoms with Crippen LogP contribution in [-0.2, 0) is 4.79 Å². The topological polar surface area (TPSA) is 78.4 Å². The predicted octanol–water partition coefficient (Wildman–Crippen LogP) is 2.75. The molecule has 5 nitrogen and oxygen atoms in total. The van der Waals surface area contributed by atoms with E-state index in [9.17, 15) is 14.7 Å². The van der Waals surface area contributed by atoms with Gasteiger partial charge in [-0.2, -0.15) is 0 Å². The lowest BCUT2D eigenvalue weighted by atomic mass is 9.74. The first kappa shape index (κ1) is 17.7. The molecule has 0 rings (SSSR count). The van der Waals surface area contributed by atoms with Crippen LogP contribution in [-0.4, -0.2) is 28.2 Å². The van der Waals surface area contributed by atoms with E-state index in [0.29, 0.717) is 0 Å². The Labute approximate surface area is 116 Å². The Kier molecular flexibility index (Phi) is 5.42.